The molecule has 2 aromatic heterocycles. The van der Waals surface area contributed by atoms with Crippen molar-refractivity contribution in [2.45, 2.75) is 13.0 Å². The molecule has 2 amide bonds. The van der Waals surface area contributed by atoms with Crippen molar-refractivity contribution in [3.63, 3.8) is 0 Å². The Balaban J connectivity index is 1.54. The first kappa shape index (κ1) is 20.1. The van der Waals surface area contributed by atoms with Crippen LogP contribution in [0, 0.1) is 17.7 Å². The summed E-state index contributed by atoms with van der Waals surface area (Å²) in [6.45, 7) is 2.46. The molecule has 0 radical (unpaired) electrons. The minimum atomic E-state index is -0.379. The topological polar surface area (TPSA) is 106 Å². The smallest absolute Gasteiger partial charge is 0.322 e. The quantitative estimate of drug-likeness (QED) is 0.620. The molecule has 1 aromatic carbocycles. The summed E-state index contributed by atoms with van der Waals surface area (Å²) in [6, 6.07) is 7.15. The molecule has 9 heteroatoms. The first-order valence-corrected chi connectivity index (χ1v) is 9.55. The van der Waals surface area contributed by atoms with E-state index in [2.05, 4.69) is 32.1 Å². The maximum absolute atomic E-state index is 13.5. The summed E-state index contributed by atoms with van der Waals surface area (Å²) in [5.74, 6) is 6.08. The molecule has 1 aliphatic heterocycles. The first-order chi connectivity index (χ1) is 15.0. The van der Waals surface area contributed by atoms with Gasteiger partial charge in [0.15, 0.2) is 0 Å². The predicted octanol–water partition coefficient (Wildman–Crippen LogP) is 2.66. The third-order valence-corrected chi connectivity index (χ3v) is 4.63. The molecule has 31 heavy (non-hydrogen) atoms. The molecule has 4 rings (SSSR count). The molecule has 3 N–H and O–H groups in total. The highest BCUT2D eigenvalue weighted by molar-refractivity contribution is 5.94. The van der Waals surface area contributed by atoms with Gasteiger partial charge in [-0.1, -0.05) is 24.0 Å². The van der Waals surface area contributed by atoms with Crippen LogP contribution in [0.3, 0.4) is 0 Å². The van der Waals surface area contributed by atoms with Crippen LogP contribution in [0.15, 0.2) is 48.9 Å². The summed E-state index contributed by atoms with van der Waals surface area (Å²) >= 11 is 0. The van der Waals surface area contributed by atoms with E-state index in [1.165, 1.54) is 24.5 Å². The molecular formula is C22H19FN6O2. The van der Waals surface area contributed by atoms with Gasteiger partial charge in [-0.05, 0) is 30.7 Å². The predicted molar refractivity (Wildman–Crippen MR) is 113 cm³/mol. The normalized spacial score (nSPS) is 13.3. The fourth-order valence-electron chi connectivity index (χ4n) is 3.05. The molecule has 0 saturated carbocycles. The number of halogens is 1. The van der Waals surface area contributed by atoms with E-state index >= 15 is 0 Å². The fourth-order valence-corrected chi connectivity index (χ4v) is 3.05. The van der Waals surface area contributed by atoms with Gasteiger partial charge in [0.25, 0.3) is 0 Å². The van der Waals surface area contributed by atoms with E-state index in [0.717, 1.165) is 0 Å². The first-order valence-electron chi connectivity index (χ1n) is 9.55. The Morgan fingerprint density at radius 3 is 2.71 bits per heavy atom. The summed E-state index contributed by atoms with van der Waals surface area (Å²) < 4.78 is 19.1. The number of hydrogen-bond acceptors (Lipinski definition) is 6. The van der Waals surface area contributed by atoms with Gasteiger partial charge in [0, 0.05) is 24.2 Å². The second-order valence-corrected chi connectivity index (χ2v) is 6.85. The highest BCUT2D eigenvalue weighted by atomic mass is 19.1. The number of pyridine rings is 1. The van der Waals surface area contributed by atoms with Gasteiger partial charge < -0.3 is 15.8 Å². The maximum atomic E-state index is 13.5. The molecule has 3 aromatic rings. The largest absolute Gasteiger partial charge is 0.474 e. The van der Waals surface area contributed by atoms with Crippen LogP contribution in [-0.2, 0) is 0 Å². The van der Waals surface area contributed by atoms with Crippen LogP contribution in [0.1, 0.15) is 29.7 Å². The monoisotopic (exact) mass is 418 g/mol. The van der Waals surface area contributed by atoms with Crippen molar-refractivity contribution >= 4 is 17.7 Å². The molecule has 3 heterocycles. The third kappa shape index (κ3) is 4.70. The number of nitrogens with one attached hydrogen (secondary N) is 1. The lowest BCUT2D eigenvalue weighted by Gasteiger charge is -2.30. The fraction of sp³-hybridized carbons (Fsp3) is 0.182. The van der Waals surface area contributed by atoms with Crippen LogP contribution >= 0.6 is 0 Å². The highest BCUT2D eigenvalue weighted by Crippen LogP contribution is 2.30. The van der Waals surface area contributed by atoms with E-state index in [1.54, 1.807) is 36.2 Å². The van der Waals surface area contributed by atoms with Crippen molar-refractivity contribution in [3.8, 4) is 17.7 Å². The van der Waals surface area contributed by atoms with Gasteiger partial charge in [0.05, 0.1) is 18.2 Å². The summed E-state index contributed by atoms with van der Waals surface area (Å²) in [6.07, 6.45) is 4.62. The number of ether oxygens (including phenoxy) is 1. The lowest BCUT2D eigenvalue weighted by atomic mass is 10.1. The molecule has 0 unspecified atom stereocenters. The van der Waals surface area contributed by atoms with Gasteiger partial charge in [0.1, 0.15) is 18.1 Å². The van der Waals surface area contributed by atoms with E-state index < -0.39 is 0 Å². The number of nitrogens with two attached hydrogens (primary N) is 1. The molecule has 156 valence electrons. The van der Waals surface area contributed by atoms with E-state index in [-0.39, 0.29) is 23.8 Å². The zero-order chi connectivity index (χ0) is 21.8. The van der Waals surface area contributed by atoms with Crippen molar-refractivity contribution < 1.29 is 13.9 Å². The molecule has 1 atom stereocenters. The molecule has 1 aliphatic rings. The number of urea groups is 1. The lowest BCUT2D eigenvalue weighted by molar-refractivity contribution is 0.236. The SMILES string of the molecule is C[C@H](NC(=O)N1CCOc2ncc(C#Cc3cnc(N)nc3)cc21)c1cccc(F)c1. The van der Waals surface area contributed by atoms with Crippen molar-refractivity contribution in [1.82, 2.24) is 20.3 Å². The van der Waals surface area contributed by atoms with Crippen molar-refractivity contribution in [3.05, 3.63) is 71.4 Å². The second kappa shape index (κ2) is 8.67. The number of carbonyl (C=O) groups is 1. The Hall–Kier alpha value is -4.19. The van der Waals surface area contributed by atoms with E-state index in [9.17, 15) is 9.18 Å². The van der Waals surface area contributed by atoms with Gasteiger partial charge in [-0.3, -0.25) is 4.90 Å². The molecule has 0 spiro atoms. The number of benzene rings is 1. The van der Waals surface area contributed by atoms with E-state index in [4.69, 9.17) is 10.5 Å². The van der Waals surface area contributed by atoms with Crippen molar-refractivity contribution in [2.75, 3.05) is 23.8 Å². The number of anilines is 2. The Morgan fingerprint density at radius 1 is 1.19 bits per heavy atom. The number of nitrogen functional groups attached to an aromatic ring is 1. The van der Waals surface area contributed by atoms with Crippen LogP contribution < -0.4 is 20.7 Å². The molecular weight excluding hydrogens is 399 g/mol. The van der Waals surface area contributed by atoms with E-state index in [1.807, 2.05) is 0 Å². The third-order valence-electron chi connectivity index (χ3n) is 4.63. The van der Waals surface area contributed by atoms with Gasteiger partial charge in [-0.2, -0.15) is 0 Å². The van der Waals surface area contributed by atoms with Gasteiger partial charge in [-0.15, -0.1) is 0 Å². The van der Waals surface area contributed by atoms with Gasteiger partial charge >= 0.3 is 6.03 Å². The van der Waals surface area contributed by atoms with Crippen LogP contribution in [0.5, 0.6) is 5.88 Å². The van der Waals surface area contributed by atoms with Crippen LogP contribution in [0.4, 0.5) is 20.8 Å². The average molecular weight is 418 g/mol. The molecule has 0 aliphatic carbocycles. The van der Waals surface area contributed by atoms with Crippen molar-refractivity contribution in [2.24, 2.45) is 0 Å². The lowest BCUT2D eigenvalue weighted by Crippen LogP contribution is -2.45. The van der Waals surface area contributed by atoms with Gasteiger partial charge in [-0.25, -0.2) is 24.1 Å². The standard InChI is InChI=1S/C22H19FN6O2/c1-14(17-3-2-4-18(23)10-17)28-22(30)29-7-8-31-20-19(29)9-15(11-25-20)5-6-16-12-26-21(24)27-13-16/h2-4,9-14H,7-8H2,1H3,(H,28,30)(H2,24,26,27)/t14-/m0/s1. The Morgan fingerprint density at radius 2 is 1.94 bits per heavy atom. The van der Waals surface area contributed by atoms with Crippen molar-refractivity contribution in [1.29, 1.82) is 0 Å². The second-order valence-electron chi connectivity index (χ2n) is 6.85. The molecule has 0 bridgehead atoms. The van der Waals surface area contributed by atoms with E-state index in [0.29, 0.717) is 41.4 Å². The molecule has 0 fully saturated rings. The average Bonchev–Trinajstić information content (AvgIpc) is 2.78. The van der Waals surface area contributed by atoms with Crippen LogP contribution in [-0.4, -0.2) is 34.1 Å². The van der Waals surface area contributed by atoms with Crippen LogP contribution in [0.25, 0.3) is 0 Å². The molecule has 8 nitrogen and oxygen atoms in total. The zero-order valence-electron chi connectivity index (χ0n) is 16.7. The number of carbonyl (C=O) groups excluding carboxylic acids is 1. The zero-order valence-corrected chi connectivity index (χ0v) is 16.7. The van der Waals surface area contributed by atoms with Gasteiger partial charge in [0.2, 0.25) is 11.8 Å². The summed E-state index contributed by atoms with van der Waals surface area (Å²) in [5.41, 5.74) is 7.85. The minimum Gasteiger partial charge on any atom is -0.474 e. The summed E-state index contributed by atoms with van der Waals surface area (Å²) in [5, 5.41) is 2.89. The number of rotatable bonds is 2. The highest BCUT2D eigenvalue weighted by Gasteiger charge is 2.26. The molecule has 0 saturated heterocycles. The minimum absolute atomic E-state index is 0.173. The summed E-state index contributed by atoms with van der Waals surface area (Å²) in [4.78, 5) is 26.5. The Labute approximate surface area is 178 Å². The Kier molecular flexibility index (Phi) is 5.62. The number of hydrogen-bond donors (Lipinski definition) is 2. The number of amides is 2. The van der Waals surface area contributed by atoms with Crippen LogP contribution in [0.2, 0.25) is 0 Å². The summed E-state index contributed by atoms with van der Waals surface area (Å²) in [7, 11) is 0. The maximum Gasteiger partial charge on any atom is 0.322 e. The Bertz CT molecular complexity index is 1170. The number of fused-ring (bicyclic) bond motifs is 1. The number of nitrogens with zero attached hydrogens (tertiary/aromatic N) is 4. The number of aromatic nitrogens is 3.